The van der Waals surface area contributed by atoms with Crippen molar-refractivity contribution >= 4 is 50.4 Å². The third-order valence-corrected chi connectivity index (χ3v) is 5.35. The molecule has 6 heteroatoms. The fourth-order valence-electron chi connectivity index (χ4n) is 2.63. The van der Waals surface area contributed by atoms with Crippen molar-refractivity contribution in [3.8, 4) is 11.5 Å². The van der Waals surface area contributed by atoms with Gasteiger partial charge in [-0.2, -0.15) is 0 Å². The summed E-state index contributed by atoms with van der Waals surface area (Å²) in [6.45, 7) is 0. The van der Waals surface area contributed by atoms with Gasteiger partial charge in [-0.05, 0) is 37.1 Å². The van der Waals surface area contributed by atoms with Gasteiger partial charge in [-0.15, -0.1) is 11.3 Å². The molecule has 1 N–H and O–H groups in total. The lowest BCUT2D eigenvalue weighted by Gasteiger charge is -2.18. The van der Waals surface area contributed by atoms with Crippen LogP contribution in [0.15, 0.2) is 64.8 Å². The standard InChI is InChI=1S/C19H14Cl2N2OS/c20-12-5-1-3-7-14(12)23-15-10-19-16(22-11-25-19)9-18(15)24-17-8-4-2-6-13(17)21/h1-2,4-6,8-11,23H,3,7H2. The molecule has 2 aromatic carbocycles. The van der Waals surface area contributed by atoms with Crippen molar-refractivity contribution in [3.63, 3.8) is 0 Å². The Kier molecular flexibility index (Phi) is 4.66. The summed E-state index contributed by atoms with van der Waals surface area (Å²) in [6, 6.07) is 11.4. The van der Waals surface area contributed by atoms with Crippen LogP contribution in [-0.4, -0.2) is 4.98 Å². The molecule has 0 radical (unpaired) electrons. The first-order chi connectivity index (χ1) is 12.2. The van der Waals surface area contributed by atoms with Gasteiger partial charge in [-0.3, -0.25) is 0 Å². The number of hydrogen-bond acceptors (Lipinski definition) is 4. The summed E-state index contributed by atoms with van der Waals surface area (Å²) in [6.07, 6.45) is 5.82. The van der Waals surface area contributed by atoms with E-state index in [1.54, 1.807) is 17.4 Å². The second-order valence-corrected chi connectivity index (χ2v) is 7.29. The molecular formula is C19H14Cl2N2OS. The Balaban J connectivity index is 1.76. The molecule has 0 bridgehead atoms. The first kappa shape index (κ1) is 16.5. The Bertz CT molecular complexity index is 994. The quantitative estimate of drug-likeness (QED) is 0.524. The summed E-state index contributed by atoms with van der Waals surface area (Å²) >= 11 is 14.2. The molecule has 0 amide bonds. The normalized spacial score (nSPS) is 14.2. The molecule has 4 rings (SSSR count). The first-order valence-corrected chi connectivity index (χ1v) is 9.46. The Morgan fingerprint density at radius 1 is 1.12 bits per heavy atom. The number of para-hydroxylation sites is 1. The van der Waals surface area contributed by atoms with Gasteiger partial charge in [0.15, 0.2) is 5.75 Å². The van der Waals surface area contributed by atoms with E-state index in [1.165, 1.54) is 0 Å². The number of halogens is 2. The van der Waals surface area contributed by atoms with Gasteiger partial charge >= 0.3 is 0 Å². The second kappa shape index (κ2) is 7.08. The number of rotatable bonds is 4. The van der Waals surface area contributed by atoms with Gasteiger partial charge in [0.25, 0.3) is 0 Å². The van der Waals surface area contributed by atoms with Crippen molar-refractivity contribution in [2.75, 3.05) is 5.32 Å². The molecule has 1 heterocycles. The van der Waals surface area contributed by atoms with Crippen LogP contribution in [0.25, 0.3) is 10.2 Å². The molecule has 3 nitrogen and oxygen atoms in total. The van der Waals surface area contributed by atoms with Crippen molar-refractivity contribution in [1.29, 1.82) is 0 Å². The molecule has 0 atom stereocenters. The van der Waals surface area contributed by atoms with Crippen LogP contribution >= 0.6 is 34.5 Å². The minimum atomic E-state index is 0.560. The molecule has 0 fully saturated rings. The number of nitrogens with one attached hydrogen (secondary N) is 1. The number of benzene rings is 2. The summed E-state index contributed by atoms with van der Waals surface area (Å²) in [5.74, 6) is 1.27. The highest BCUT2D eigenvalue weighted by atomic mass is 35.5. The van der Waals surface area contributed by atoms with Crippen molar-refractivity contribution < 1.29 is 4.74 Å². The first-order valence-electron chi connectivity index (χ1n) is 7.82. The Morgan fingerprint density at radius 2 is 2.00 bits per heavy atom. The summed E-state index contributed by atoms with van der Waals surface area (Å²) < 4.78 is 7.16. The summed E-state index contributed by atoms with van der Waals surface area (Å²) in [7, 11) is 0. The maximum atomic E-state index is 6.33. The Morgan fingerprint density at radius 3 is 2.84 bits per heavy atom. The molecule has 1 aliphatic carbocycles. The largest absolute Gasteiger partial charge is 0.454 e. The molecule has 1 aliphatic rings. The average Bonchev–Trinajstić information content (AvgIpc) is 3.06. The van der Waals surface area contributed by atoms with Crippen LogP contribution in [0.5, 0.6) is 11.5 Å². The maximum absolute atomic E-state index is 6.33. The lowest BCUT2D eigenvalue weighted by Crippen LogP contribution is -2.04. The van der Waals surface area contributed by atoms with Gasteiger partial charge in [-0.1, -0.05) is 41.4 Å². The van der Waals surface area contributed by atoms with Crippen LogP contribution in [0.3, 0.4) is 0 Å². The highest BCUT2D eigenvalue weighted by Crippen LogP contribution is 2.38. The number of hydrogen-bond donors (Lipinski definition) is 1. The van der Waals surface area contributed by atoms with Crippen LogP contribution in [0, 0.1) is 0 Å². The van der Waals surface area contributed by atoms with E-state index in [1.807, 2.05) is 41.9 Å². The van der Waals surface area contributed by atoms with E-state index in [0.717, 1.165) is 39.5 Å². The highest BCUT2D eigenvalue weighted by Gasteiger charge is 2.14. The van der Waals surface area contributed by atoms with Crippen LogP contribution in [0.4, 0.5) is 5.69 Å². The number of thiazole rings is 1. The molecule has 25 heavy (non-hydrogen) atoms. The molecule has 0 saturated carbocycles. The van der Waals surface area contributed by atoms with Gasteiger partial charge < -0.3 is 10.1 Å². The van der Waals surface area contributed by atoms with Gasteiger partial charge in [-0.25, -0.2) is 4.98 Å². The van der Waals surface area contributed by atoms with Crippen molar-refractivity contribution in [3.05, 3.63) is 69.8 Å². The fourth-order valence-corrected chi connectivity index (χ4v) is 3.73. The van der Waals surface area contributed by atoms with E-state index >= 15 is 0 Å². The zero-order valence-corrected chi connectivity index (χ0v) is 15.5. The number of fused-ring (bicyclic) bond motifs is 1. The summed E-state index contributed by atoms with van der Waals surface area (Å²) in [4.78, 5) is 4.37. The molecule has 3 aromatic rings. The van der Waals surface area contributed by atoms with E-state index in [0.29, 0.717) is 16.5 Å². The van der Waals surface area contributed by atoms with E-state index in [2.05, 4.69) is 16.4 Å². The van der Waals surface area contributed by atoms with Gasteiger partial charge in [0.1, 0.15) is 5.75 Å². The van der Waals surface area contributed by atoms with Crippen LogP contribution < -0.4 is 10.1 Å². The number of anilines is 1. The molecule has 1 aromatic heterocycles. The SMILES string of the molecule is ClC1=C(Nc2cc3scnc3cc2Oc2ccccc2Cl)CCC=C1. The molecule has 126 valence electrons. The van der Waals surface area contributed by atoms with Crippen LogP contribution in [-0.2, 0) is 0 Å². The van der Waals surface area contributed by atoms with E-state index in [4.69, 9.17) is 27.9 Å². The third-order valence-electron chi connectivity index (χ3n) is 3.89. The second-order valence-electron chi connectivity index (χ2n) is 5.59. The fraction of sp³-hybridized carbons (Fsp3) is 0.105. The molecule has 0 unspecified atom stereocenters. The number of nitrogens with zero attached hydrogens (tertiary/aromatic N) is 1. The molecular weight excluding hydrogens is 375 g/mol. The van der Waals surface area contributed by atoms with E-state index in [-0.39, 0.29) is 0 Å². The Hall–Kier alpha value is -2.01. The summed E-state index contributed by atoms with van der Waals surface area (Å²) in [5.41, 5.74) is 4.54. The average molecular weight is 389 g/mol. The zero-order valence-electron chi connectivity index (χ0n) is 13.1. The Labute approximate surface area is 159 Å². The molecule has 0 aliphatic heterocycles. The summed E-state index contributed by atoms with van der Waals surface area (Å²) in [5, 5.41) is 4.71. The third kappa shape index (κ3) is 3.52. The number of ether oxygens (including phenoxy) is 1. The molecule has 0 spiro atoms. The van der Waals surface area contributed by atoms with Gasteiger partial charge in [0.05, 0.1) is 31.5 Å². The lowest BCUT2D eigenvalue weighted by atomic mass is 10.1. The predicted octanol–water partition coefficient (Wildman–Crippen LogP) is 6.95. The topological polar surface area (TPSA) is 34.2 Å². The van der Waals surface area contributed by atoms with Crippen molar-refractivity contribution in [2.45, 2.75) is 12.8 Å². The smallest absolute Gasteiger partial charge is 0.153 e. The highest BCUT2D eigenvalue weighted by molar-refractivity contribution is 7.16. The zero-order chi connectivity index (χ0) is 17.2. The number of aromatic nitrogens is 1. The number of allylic oxidation sites excluding steroid dienone is 4. The monoisotopic (exact) mass is 388 g/mol. The minimum Gasteiger partial charge on any atom is -0.454 e. The predicted molar refractivity (Wildman–Crippen MR) is 106 cm³/mol. The van der Waals surface area contributed by atoms with Crippen molar-refractivity contribution in [1.82, 2.24) is 4.98 Å². The van der Waals surface area contributed by atoms with Crippen LogP contribution in [0.1, 0.15) is 12.8 Å². The van der Waals surface area contributed by atoms with E-state index < -0.39 is 0 Å². The van der Waals surface area contributed by atoms with Crippen LogP contribution in [0.2, 0.25) is 5.02 Å². The minimum absolute atomic E-state index is 0.560. The maximum Gasteiger partial charge on any atom is 0.153 e. The van der Waals surface area contributed by atoms with Gasteiger partial charge in [0.2, 0.25) is 0 Å². The lowest BCUT2D eigenvalue weighted by molar-refractivity contribution is 0.485. The molecule has 0 saturated heterocycles. The van der Waals surface area contributed by atoms with Gasteiger partial charge in [0, 0.05) is 11.8 Å². The van der Waals surface area contributed by atoms with E-state index in [9.17, 15) is 0 Å². The van der Waals surface area contributed by atoms with Crippen molar-refractivity contribution in [2.24, 2.45) is 0 Å².